The van der Waals surface area contributed by atoms with Gasteiger partial charge in [0.1, 0.15) is 23.3 Å². The van der Waals surface area contributed by atoms with E-state index in [1.165, 1.54) is 10.0 Å². The number of carbonyl (C=O) groups is 2. The summed E-state index contributed by atoms with van der Waals surface area (Å²) in [6, 6.07) is 20.4. The maximum absolute atomic E-state index is 12.8. The maximum atomic E-state index is 12.8. The molecule has 0 bridgehead atoms. The first-order valence-corrected chi connectivity index (χ1v) is 7.02. The van der Waals surface area contributed by atoms with Crippen LogP contribution in [0.5, 0.6) is 0 Å². The number of nitrogens with zero attached hydrogens (tertiary/aromatic N) is 4. The average molecular weight is 314 g/mol. The van der Waals surface area contributed by atoms with Crippen LogP contribution in [0.2, 0.25) is 0 Å². The minimum absolute atomic E-state index is 0.423. The number of anilines is 2. The number of hydrazine groups is 1. The largest absolute Gasteiger partial charge is 0.285 e. The number of para-hydroxylation sites is 2. The van der Waals surface area contributed by atoms with Gasteiger partial charge >= 0.3 is 0 Å². The summed E-state index contributed by atoms with van der Waals surface area (Å²) in [4.78, 5) is 25.5. The first-order chi connectivity index (χ1) is 11.7. The van der Waals surface area contributed by atoms with Crippen LogP contribution in [-0.4, -0.2) is 11.8 Å². The first-order valence-electron chi connectivity index (χ1n) is 7.02. The van der Waals surface area contributed by atoms with Crippen molar-refractivity contribution in [3.05, 3.63) is 71.8 Å². The number of rotatable bonds is 2. The van der Waals surface area contributed by atoms with Crippen molar-refractivity contribution in [3.8, 4) is 12.1 Å². The van der Waals surface area contributed by atoms with Gasteiger partial charge in [0.25, 0.3) is 11.8 Å². The minimum Gasteiger partial charge on any atom is -0.266 e. The molecule has 0 atom stereocenters. The molecule has 6 heteroatoms. The van der Waals surface area contributed by atoms with E-state index in [4.69, 9.17) is 10.5 Å². The number of allylic oxidation sites excluding steroid dienone is 1. The second-order valence-electron chi connectivity index (χ2n) is 4.88. The Bertz CT molecular complexity index is 845. The van der Waals surface area contributed by atoms with Crippen LogP contribution in [0.4, 0.5) is 11.4 Å². The van der Waals surface area contributed by atoms with Gasteiger partial charge in [-0.15, -0.1) is 0 Å². The highest BCUT2D eigenvalue weighted by atomic mass is 16.2. The SMILES string of the molecule is N#CC(C#N)=C1C(=O)N(c2ccccc2)N(c2ccccc2)C1=O. The van der Waals surface area contributed by atoms with Crippen LogP contribution in [0.15, 0.2) is 71.8 Å². The van der Waals surface area contributed by atoms with Crippen molar-refractivity contribution in [2.75, 3.05) is 10.0 Å². The lowest BCUT2D eigenvalue weighted by molar-refractivity contribution is -0.116. The highest BCUT2D eigenvalue weighted by molar-refractivity contribution is 6.36. The molecule has 24 heavy (non-hydrogen) atoms. The molecule has 1 saturated heterocycles. The molecule has 3 rings (SSSR count). The van der Waals surface area contributed by atoms with E-state index in [-0.39, 0.29) is 0 Å². The van der Waals surface area contributed by atoms with Crippen molar-refractivity contribution in [1.29, 1.82) is 10.5 Å². The van der Waals surface area contributed by atoms with E-state index in [2.05, 4.69) is 0 Å². The van der Waals surface area contributed by atoms with Crippen molar-refractivity contribution in [2.45, 2.75) is 0 Å². The van der Waals surface area contributed by atoms with Gasteiger partial charge in [-0.25, -0.2) is 10.0 Å². The van der Waals surface area contributed by atoms with Gasteiger partial charge in [0.05, 0.1) is 11.4 Å². The van der Waals surface area contributed by atoms with Crippen LogP contribution in [-0.2, 0) is 9.59 Å². The summed E-state index contributed by atoms with van der Waals surface area (Å²) in [6.07, 6.45) is 0. The van der Waals surface area contributed by atoms with Crippen LogP contribution in [0.3, 0.4) is 0 Å². The molecule has 0 spiro atoms. The highest BCUT2D eigenvalue weighted by Crippen LogP contribution is 2.32. The van der Waals surface area contributed by atoms with Gasteiger partial charge in [-0.1, -0.05) is 36.4 Å². The molecule has 0 aromatic heterocycles. The van der Waals surface area contributed by atoms with Crippen molar-refractivity contribution in [3.63, 3.8) is 0 Å². The molecular formula is C18H10N4O2. The van der Waals surface area contributed by atoms with E-state index >= 15 is 0 Å². The lowest BCUT2D eigenvalue weighted by Crippen LogP contribution is -2.41. The average Bonchev–Trinajstić information content (AvgIpc) is 2.89. The predicted octanol–water partition coefficient (Wildman–Crippen LogP) is 2.33. The molecule has 0 radical (unpaired) electrons. The van der Waals surface area contributed by atoms with Crippen LogP contribution in [0, 0.1) is 22.7 Å². The minimum atomic E-state index is -0.701. The Hall–Kier alpha value is -3.90. The highest BCUT2D eigenvalue weighted by Gasteiger charge is 2.45. The molecule has 1 aliphatic heterocycles. The van der Waals surface area contributed by atoms with Gasteiger partial charge < -0.3 is 0 Å². The Morgan fingerprint density at radius 3 is 1.42 bits per heavy atom. The standard InChI is InChI=1S/C18H10N4O2/c19-11-13(12-20)16-17(23)21(14-7-3-1-4-8-14)22(18(16)24)15-9-5-2-6-10-15/h1-10H. The number of hydrogen-bond donors (Lipinski definition) is 0. The van der Waals surface area contributed by atoms with Gasteiger partial charge in [0.15, 0.2) is 0 Å². The third-order valence-electron chi connectivity index (χ3n) is 3.49. The summed E-state index contributed by atoms with van der Waals surface area (Å²) >= 11 is 0. The van der Waals surface area contributed by atoms with E-state index in [1.54, 1.807) is 72.8 Å². The van der Waals surface area contributed by atoms with Crippen LogP contribution < -0.4 is 10.0 Å². The molecule has 0 N–H and O–H groups in total. The lowest BCUT2D eigenvalue weighted by atomic mass is 10.1. The van der Waals surface area contributed by atoms with Crippen molar-refractivity contribution < 1.29 is 9.59 Å². The van der Waals surface area contributed by atoms with Crippen LogP contribution in [0.1, 0.15) is 0 Å². The molecule has 1 aliphatic rings. The smallest absolute Gasteiger partial charge is 0.266 e. The Balaban J connectivity index is 2.23. The fourth-order valence-electron chi connectivity index (χ4n) is 2.44. The lowest BCUT2D eigenvalue weighted by Gasteiger charge is -2.27. The fraction of sp³-hybridized carbons (Fsp3) is 0. The first kappa shape index (κ1) is 15.0. The summed E-state index contributed by atoms with van der Waals surface area (Å²) in [5, 5.41) is 20.5. The second-order valence-corrected chi connectivity index (χ2v) is 4.88. The fourth-order valence-corrected chi connectivity index (χ4v) is 2.44. The van der Waals surface area contributed by atoms with Gasteiger partial charge in [-0.2, -0.15) is 10.5 Å². The monoisotopic (exact) mass is 314 g/mol. The van der Waals surface area contributed by atoms with E-state index in [1.807, 2.05) is 0 Å². The molecule has 0 saturated carbocycles. The number of amides is 2. The van der Waals surface area contributed by atoms with Gasteiger partial charge in [-0.05, 0) is 24.3 Å². The quantitative estimate of drug-likeness (QED) is 0.483. The summed E-state index contributed by atoms with van der Waals surface area (Å²) in [5.41, 5.74) is 0.00642. The summed E-state index contributed by atoms with van der Waals surface area (Å²) < 4.78 is 0. The molecule has 0 unspecified atom stereocenters. The molecule has 6 nitrogen and oxygen atoms in total. The molecule has 1 fully saturated rings. The second kappa shape index (κ2) is 6.07. The Morgan fingerprint density at radius 2 is 1.08 bits per heavy atom. The molecule has 114 valence electrons. The number of carbonyl (C=O) groups excluding carboxylic acids is 2. The number of benzene rings is 2. The van der Waals surface area contributed by atoms with Gasteiger partial charge in [0.2, 0.25) is 0 Å². The zero-order valence-corrected chi connectivity index (χ0v) is 12.4. The summed E-state index contributed by atoms with van der Waals surface area (Å²) in [6.45, 7) is 0. The maximum Gasteiger partial charge on any atom is 0.285 e. The van der Waals surface area contributed by atoms with Crippen molar-refractivity contribution in [2.24, 2.45) is 0 Å². The number of hydrogen-bond acceptors (Lipinski definition) is 4. The van der Waals surface area contributed by atoms with Crippen LogP contribution in [0.25, 0.3) is 0 Å². The zero-order valence-electron chi connectivity index (χ0n) is 12.4. The van der Waals surface area contributed by atoms with E-state index < -0.39 is 23.0 Å². The van der Waals surface area contributed by atoms with Gasteiger partial charge in [0, 0.05) is 0 Å². The topological polar surface area (TPSA) is 88.2 Å². The molecule has 0 aliphatic carbocycles. The van der Waals surface area contributed by atoms with Crippen molar-refractivity contribution >= 4 is 23.2 Å². The van der Waals surface area contributed by atoms with Crippen LogP contribution >= 0.6 is 0 Å². The van der Waals surface area contributed by atoms with E-state index in [0.29, 0.717) is 11.4 Å². The molecule has 1 heterocycles. The predicted molar refractivity (Wildman–Crippen MR) is 86.1 cm³/mol. The Kier molecular flexibility index (Phi) is 3.80. The third-order valence-corrected chi connectivity index (χ3v) is 3.49. The summed E-state index contributed by atoms with van der Waals surface area (Å²) in [5.74, 6) is -1.40. The Labute approximate surface area is 138 Å². The zero-order chi connectivity index (χ0) is 17.1. The molecular weight excluding hydrogens is 304 g/mol. The van der Waals surface area contributed by atoms with E-state index in [9.17, 15) is 9.59 Å². The molecule has 2 aromatic carbocycles. The molecule has 2 amide bonds. The summed E-state index contributed by atoms with van der Waals surface area (Å²) in [7, 11) is 0. The molecule has 2 aromatic rings. The third kappa shape index (κ3) is 2.29. The van der Waals surface area contributed by atoms with E-state index in [0.717, 1.165) is 0 Å². The normalized spacial score (nSPS) is 13.7. The Morgan fingerprint density at radius 1 is 0.708 bits per heavy atom. The van der Waals surface area contributed by atoms with Crippen molar-refractivity contribution in [1.82, 2.24) is 0 Å². The van der Waals surface area contributed by atoms with Gasteiger partial charge in [-0.3, -0.25) is 9.59 Å². The number of nitriles is 2.